The highest BCUT2D eigenvalue weighted by Gasteiger charge is 2.35. The van der Waals surface area contributed by atoms with Crippen LogP contribution in [0.3, 0.4) is 0 Å². The van der Waals surface area contributed by atoms with Crippen molar-refractivity contribution < 1.29 is 17.9 Å². The van der Waals surface area contributed by atoms with E-state index < -0.39 is 15.6 Å². The Labute approximate surface area is 187 Å². The molecule has 0 saturated heterocycles. The molecule has 9 heteroatoms. The molecule has 2 heterocycles. The van der Waals surface area contributed by atoms with Crippen LogP contribution in [0.2, 0.25) is 0 Å². The predicted octanol–water partition coefficient (Wildman–Crippen LogP) is 3.53. The van der Waals surface area contributed by atoms with Crippen LogP contribution in [0.25, 0.3) is 21.8 Å². The molecule has 0 aliphatic heterocycles. The van der Waals surface area contributed by atoms with Crippen LogP contribution in [0, 0.1) is 5.92 Å². The number of aromatic amines is 2. The molecular weight excluding hydrogens is 430 g/mol. The molecule has 0 amide bonds. The number of carbonyl (C=O) groups is 1. The average molecular weight is 460 g/mol. The second-order valence-corrected chi connectivity index (χ2v) is 11.5. The van der Waals surface area contributed by atoms with Crippen LogP contribution < -0.4 is 5.56 Å². The fraction of sp³-hybridized carbons (Fsp3) is 0.478. The topological polar surface area (TPSA) is 112 Å². The van der Waals surface area contributed by atoms with Gasteiger partial charge in [0, 0.05) is 35.6 Å². The number of nitrogens with one attached hydrogen (secondary N) is 2. The van der Waals surface area contributed by atoms with Crippen molar-refractivity contribution in [3.8, 4) is 0 Å². The van der Waals surface area contributed by atoms with Crippen molar-refractivity contribution in [2.45, 2.75) is 63.0 Å². The van der Waals surface area contributed by atoms with E-state index in [0.29, 0.717) is 47.5 Å². The minimum Gasteiger partial charge on any atom is -0.460 e. The van der Waals surface area contributed by atoms with Gasteiger partial charge in [-0.05, 0) is 70.7 Å². The van der Waals surface area contributed by atoms with Gasteiger partial charge in [-0.15, -0.1) is 0 Å². The van der Waals surface area contributed by atoms with Gasteiger partial charge in [-0.3, -0.25) is 9.59 Å². The van der Waals surface area contributed by atoms with Crippen LogP contribution in [0.5, 0.6) is 0 Å². The first kappa shape index (κ1) is 22.5. The van der Waals surface area contributed by atoms with E-state index in [1.54, 1.807) is 31.4 Å². The number of H-pyrrole nitrogens is 2. The van der Waals surface area contributed by atoms with Gasteiger partial charge >= 0.3 is 5.97 Å². The molecule has 8 nitrogen and oxygen atoms in total. The van der Waals surface area contributed by atoms with Crippen molar-refractivity contribution >= 4 is 37.8 Å². The molecular formula is C23H29N3O5S. The number of nitrogens with zero attached hydrogens (tertiary/aromatic N) is 1. The van der Waals surface area contributed by atoms with E-state index in [2.05, 4.69) is 9.97 Å². The van der Waals surface area contributed by atoms with E-state index in [4.69, 9.17) is 4.74 Å². The second kappa shape index (κ2) is 8.04. The number of carbonyl (C=O) groups excluding carboxylic acids is 1. The van der Waals surface area contributed by atoms with Crippen LogP contribution in [0.15, 0.2) is 40.2 Å². The lowest BCUT2D eigenvalue weighted by Gasteiger charge is -2.34. The molecule has 1 aliphatic carbocycles. The van der Waals surface area contributed by atoms with Gasteiger partial charge in [0.2, 0.25) is 10.0 Å². The standard InChI is InChI=1S/C23H29N3O5S/c1-23(2,3)31-22(28)14-5-7-15(8-6-14)26(4)32(29,30)16-9-10-19-18(13-16)17-11-12-24-20(17)21(27)25-19/h9-15,24H,5-8H2,1-4H3,(H,25,27). The average Bonchev–Trinajstić information content (AvgIpc) is 3.23. The van der Waals surface area contributed by atoms with Gasteiger partial charge in [-0.1, -0.05) is 0 Å². The lowest BCUT2D eigenvalue weighted by atomic mass is 9.86. The molecule has 2 aromatic heterocycles. The first-order valence-corrected chi connectivity index (χ1v) is 12.3. The molecule has 32 heavy (non-hydrogen) atoms. The molecule has 3 aromatic rings. The normalized spacial score (nSPS) is 20.2. The van der Waals surface area contributed by atoms with Crippen molar-refractivity contribution in [3.63, 3.8) is 0 Å². The SMILES string of the molecule is CN(C1CCC(C(=O)OC(C)(C)C)CC1)S(=O)(=O)c1ccc2[nH]c(=O)c3[nH]ccc3c2c1. The molecule has 172 valence electrons. The molecule has 1 aliphatic rings. The third-order valence-electron chi connectivity index (χ3n) is 6.13. The Bertz CT molecular complexity index is 1330. The Morgan fingerprint density at radius 1 is 1.09 bits per heavy atom. The quantitative estimate of drug-likeness (QED) is 0.580. The molecule has 1 aromatic carbocycles. The van der Waals surface area contributed by atoms with E-state index in [1.165, 1.54) is 10.4 Å². The third kappa shape index (κ3) is 4.19. The summed E-state index contributed by atoms with van der Waals surface area (Å²) in [5.41, 5.74) is 0.230. The molecule has 1 fully saturated rings. The van der Waals surface area contributed by atoms with E-state index in [-0.39, 0.29) is 28.4 Å². The molecule has 0 radical (unpaired) electrons. The van der Waals surface area contributed by atoms with Gasteiger partial charge < -0.3 is 14.7 Å². The third-order valence-corrected chi connectivity index (χ3v) is 8.04. The highest BCUT2D eigenvalue weighted by Crippen LogP contribution is 2.32. The highest BCUT2D eigenvalue weighted by molar-refractivity contribution is 7.89. The number of sulfonamides is 1. The van der Waals surface area contributed by atoms with Crippen molar-refractivity contribution in [3.05, 3.63) is 40.8 Å². The first-order valence-electron chi connectivity index (χ1n) is 10.8. The molecule has 0 atom stereocenters. The number of hydrogen-bond acceptors (Lipinski definition) is 5. The lowest BCUT2D eigenvalue weighted by molar-refractivity contribution is -0.161. The Morgan fingerprint density at radius 2 is 1.78 bits per heavy atom. The maximum atomic E-state index is 13.4. The number of ether oxygens (including phenoxy) is 1. The molecule has 2 N–H and O–H groups in total. The van der Waals surface area contributed by atoms with Gasteiger partial charge in [0.15, 0.2) is 0 Å². The van der Waals surface area contributed by atoms with Crippen LogP contribution in [-0.2, 0) is 19.6 Å². The van der Waals surface area contributed by atoms with Gasteiger partial charge in [-0.25, -0.2) is 8.42 Å². The Morgan fingerprint density at radius 3 is 2.44 bits per heavy atom. The van der Waals surface area contributed by atoms with E-state index in [0.717, 1.165) is 0 Å². The van der Waals surface area contributed by atoms with Crippen LogP contribution in [0.1, 0.15) is 46.5 Å². The summed E-state index contributed by atoms with van der Waals surface area (Å²) < 4.78 is 33.7. The first-order chi connectivity index (χ1) is 15.0. The Hall–Kier alpha value is -2.65. The number of fused-ring (bicyclic) bond motifs is 3. The molecule has 0 unspecified atom stereocenters. The summed E-state index contributed by atoms with van der Waals surface area (Å²) in [7, 11) is -2.15. The van der Waals surface area contributed by atoms with Gasteiger partial charge in [0.1, 0.15) is 11.1 Å². The van der Waals surface area contributed by atoms with Gasteiger partial charge in [-0.2, -0.15) is 4.31 Å². The van der Waals surface area contributed by atoms with Gasteiger partial charge in [0.05, 0.1) is 10.8 Å². The van der Waals surface area contributed by atoms with Crippen molar-refractivity contribution in [2.75, 3.05) is 7.05 Å². The van der Waals surface area contributed by atoms with E-state index in [9.17, 15) is 18.0 Å². The minimum atomic E-state index is -3.74. The number of pyridine rings is 1. The summed E-state index contributed by atoms with van der Waals surface area (Å²) in [5, 5.41) is 1.35. The maximum absolute atomic E-state index is 13.4. The van der Waals surface area contributed by atoms with Crippen molar-refractivity contribution in [1.29, 1.82) is 0 Å². The molecule has 1 saturated carbocycles. The van der Waals surface area contributed by atoms with Crippen molar-refractivity contribution in [2.24, 2.45) is 5.92 Å². The summed E-state index contributed by atoms with van der Waals surface area (Å²) >= 11 is 0. The predicted molar refractivity (Wildman–Crippen MR) is 123 cm³/mol. The number of benzene rings is 1. The fourth-order valence-electron chi connectivity index (χ4n) is 4.40. The number of rotatable bonds is 4. The maximum Gasteiger partial charge on any atom is 0.309 e. The second-order valence-electron chi connectivity index (χ2n) is 9.49. The zero-order valence-corrected chi connectivity index (χ0v) is 19.6. The number of hydrogen-bond donors (Lipinski definition) is 2. The lowest BCUT2D eigenvalue weighted by Crippen LogP contribution is -2.41. The molecule has 0 spiro atoms. The van der Waals surface area contributed by atoms with E-state index >= 15 is 0 Å². The zero-order valence-electron chi connectivity index (χ0n) is 18.8. The monoisotopic (exact) mass is 459 g/mol. The molecule has 0 bridgehead atoms. The summed E-state index contributed by atoms with van der Waals surface area (Å²) in [6, 6.07) is 6.35. The summed E-state index contributed by atoms with van der Waals surface area (Å²) in [6.07, 6.45) is 4.06. The number of aromatic nitrogens is 2. The largest absolute Gasteiger partial charge is 0.460 e. The number of esters is 1. The van der Waals surface area contributed by atoms with E-state index in [1.807, 2.05) is 20.8 Å². The Kier molecular flexibility index (Phi) is 5.67. The highest BCUT2D eigenvalue weighted by atomic mass is 32.2. The smallest absolute Gasteiger partial charge is 0.309 e. The van der Waals surface area contributed by atoms with Gasteiger partial charge in [0.25, 0.3) is 5.56 Å². The van der Waals surface area contributed by atoms with Crippen LogP contribution in [-0.4, -0.2) is 47.4 Å². The minimum absolute atomic E-state index is 0.177. The van der Waals surface area contributed by atoms with Crippen LogP contribution >= 0.6 is 0 Å². The summed E-state index contributed by atoms with van der Waals surface area (Å²) in [5.74, 6) is -0.401. The Balaban J connectivity index is 1.55. The fourth-order valence-corrected chi connectivity index (χ4v) is 5.85. The summed E-state index contributed by atoms with van der Waals surface area (Å²) in [4.78, 5) is 30.4. The zero-order chi connectivity index (χ0) is 23.3. The van der Waals surface area contributed by atoms with Crippen LogP contribution in [0.4, 0.5) is 0 Å². The molecule has 4 rings (SSSR count). The van der Waals surface area contributed by atoms with Crippen molar-refractivity contribution in [1.82, 2.24) is 14.3 Å². The summed E-state index contributed by atoms with van der Waals surface area (Å²) in [6.45, 7) is 5.53.